The van der Waals surface area contributed by atoms with Crippen molar-refractivity contribution in [2.75, 3.05) is 0 Å². The lowest BCUT2D eigenvalue weighted by Gasteiger charge is -2.28. The summed E-state index contributed by atoms with van der Waals surface area (Å²) in [7, 11) is 0. The number of carbonyl (C=O) groups is 1. The van der Waals surface area contributed by atoms with Crippen molar-refractivity contribution in [1.82, 2.24) is 5.32 Å². The normalized spacial score (nSPS) is 15.1. The zero-order valence-corrected chi connectivity index (χ0v) is 10.4. The van der Waals surface area contributed by atoms with Gasteiger partial charge < -0.3 is 4.74 Å². The van der Waals surface area contributed by atoms with E-state index in [4.69, 9.17) is 4.74 Å². The standard InChI is InChI=1S/C11H23NO2/c1-8(12-10(2,3)4)9(13)14-11(5,6)7/h8,12H,1-7H3. The maximum absolute atomic E-state index is 11.6. The first-order chi connectivity index (χ1) is 6.01. The van der Waals surface area contributed by atoms with E-state index in [0.717, 1.165) is 0 Å². The summed E-state index contributed by atoms with van der Waals surface area (Å²) in [4.78, 5) is 11.6. The van der Waals surface area contributed by atoms with Crippen LogP contribution in [0.2, 0.25) is 0 Å². The highest BCUT2D eigenvalue weighted by atomic mass is 16.6. The molecule has 0 saturated heterocycles. The number of rotatable bonds is 2. The van der Waals surface area contributed by atoms with Crippen molar-refractivity contribution in [3.8, 4) is 0 Å². The van der Waals surface area contributed by atoms with E-state index in [0.29, 0.717) is 0 Å². The Morgan fingerprint density at radius 1 is 1.14 bits per heavy atom. The van der Waals surface area contributed by atoms with Gasteiger partial charge >= 0.3 is 5.97 Å². The van der Waals surface area contributed by atoms with Crippen molar-refractivity contribution in [2.24, 2.45) is 0 Å². The minimum atomic E-state index is -0.412. The molecule has 0 aliphatic heterocycles. The fourth-order valence-corrected chi connectivity index (χ4v) is 1.10. The lowest BCUT2D eigenvalue weighted by atomic mass is 10.1. The van der Waals surface area contributed by atoms with Crippen molar-refractivity contribution in [3.63, 3.8) is 0 Å². The summed E-state index contributed by atoms with van der Waals surface area (Å²) in [6, 6.07) is -0.269. The van der Waals surface area contributed by atoms with Crippen LogP contribution in [-0.2, 0) is 9.53 Å². The van der Waals surface area contributed by atoms with Crippen LogP contribution in [0.25, 0.3) is 0 Å². The number of nitrogens with one attached hydrogen (secondary N) is 1. The zero-order valence-electron chi connectivity index (χ0n) is 10.4. The highest BCUT2D eigenvalue weighted by molar-refractivity contribution is 5.75. The molecule has 1 unspecified atom stereocenters. The monoisotopic (exact) mass is 201 g/mol. The highest BCUT2D eigenvalue weighted by Crippen LogP contribution is 2.10. The Balaban J connectivity index is 4.15. The third-order valence-corrected chi connectivity index (χ3v) is 1.41. The second-order valence-corrected chi connectivity index (χ2v) is 5.65. The predicted octanol–water partition coefficient (Wildman–Crippen LogP) is 2.10. The third kappa shape index (κ3) is 6.89. The van der Waals surface area contributed by atoms with E-state index in [1.807, 2.05) is 48.5 Å². The van der Waals surface area contributed by atoms with Crippen molar-refractivity contribution < 1.29 is 9.53 Å². The summed E-state index contributed by atoms with van der Waals surface area (Å²) in [5.41, 5.74) is -0.485. The fourth-order valence-electron chi connectivity index (χ4n) is 1.10. The fraction of sp³-hybridized carbons (Fsp3) is 0.909. The van der Waals surface area contributed by atoms with Gasteiger partial charge in [0.25, 0.3) is 0 Å². The molecule has 0 heterocycles. The molecule has 3 heteroatoms. The molecule has 0 radical (unpaired) electrons. The van der Waals surface area contributed by atoms with Gasteiger partial charge in [0.2, 0.25) is 0 Å². The first-order valence-electron chi connectivity index (χ1n) is 5.02. The van der Waals surface area contributed by atoms with E-state index in [1.54, 1.807) is 0 Å². The minimum absolute atomic E-state index is 0.0731. The summed E-state index contributed by atoms with van der Waals surface area (Å²) >= 11 is 0. The number of ether oxygens (including phenoxy) is 1. The Morgan fingerprint density at radius 2 is 1.57 bits per heavy atom. The second-order valence-electron chi connectivity index (χ2n) is 5.65. The molecule has 1 N–H and O–H groups in total. The van der Waals surface area contributed by atoms with E-state index < -0.39 is 5.60 Å². The molecular formula is C11H23NO2. The van der Waals surface area contributed by atoms with E-state index in [9.17, 15) is 4.79 Å². The van der Waals surface area contributed by atoms with Gasteiger partial charge in [-0.1, -0.05) is 0 Å². The quantitative estimate of drug-likeness (QED) is 0.695. The lowest BCUT2D eigenvalue weighted by molar-refractivity contribution is -0.157. The zero-order chi connectivity index (χ0) is 11.6. The first kappa shape index (κ1) is 13.4. The van der Waals surface area contributed by atoms with Crippen molar-refractivity contribution in [3.05, 3.63) is 0 Å². The van der Waals surface area contributed by atoms with Crippen LogP contribution in [-0.4, -0.2) is 23.2 Å². The molecule has 0 fully saturated rings. The smallest absolute Gasteiger partial charge is 0.323 e. The van der Waals surface area contributed by atoms with Gasteiger partial charge in [-0.15, -0.1) is 0 Å². The van der Waals surface area contributed by atoms with E-state index >= 15 is 0 Å². The second kappa shape index (κ2) is 4.30. The number of hydrogen-bond donors (Lipinski definition) is 1. The Morgan fingerprint density at radius 3 is 1.86 bits per heavy atom. The van der Waals surface area contributed by atoms with Gasteiger partial charge in [0.15, 0.2) is 0 Å². The summed E-state index contributed by atoms with van der Waals surface area (Å²) in [6.45, 7) is 13.5. The lowest BCUT2D eigenvalue weighted by Crippen LogP contribution is -2.48. The molecule has 1 atom stereocenters. The van der Waals surface area contributed by atoms with Crippen LogP contribution in [0.3, 0.4) is 0 Å². The van der Waals surface area contributed by atoms with Crippen LogP contribution in [0.5, 0.6) is 0 Å². The van der Waals surface area contributed by atoms with Gasteiger partial charge in [-0.05, 0) is 48.5 Å². The average Bonchev–Trinajstić information content (AvgIpc) is 1.78. The molecule has 0 aromatic heterocycles. The Bertz CT molecular complexity index is 198. The number of hydrogen-bond acceptors (Lipinski definition) is 3. The topological polar surface area (TPSA) is 38.3 Å². The third-order valence-electron chi connectivity index (χ3n) is 1.41. The largest absolute Gasteiger partial charge is 0.459 e. The maximum atomic E-state index is 11.6. The first-order valence-corrected chi connectivity index (χ1v) is 5.02. The summed E-state index contributed by atoms with van der Waals surface area (Å²) in [5, 5.41) is 3.17. The van der Waals surface area contributed by atoms with Gasteiger partial charge in [-0.25, -0.2) is 0 Å². The molecule has 0 saturated carbocycles. The van der Waals surface area contributed by atoms with Gasteiger partial charge in [0.1, 0.15) is 11.6 Å². The summed E-state index contributed by atoms with van der Waals surface area (Å²) < 4.78 is 5.24. The Labute approximate surface area is 87.2 Å². The summed E-state index contributed by atoms with van der Waals surface area (Å²) in [6.07, 6.45) is 0. The highest BCUT2D eigenvalue weighted by Gasteiger charge is 2.24. The SMILES string of the molecule is CC(NC(C)(C)C)C(=O)OC(C)(C)C. The average molecular weight is 201 g/mol. The van der Waals surface area contributed by atoms with Crippen molar-refractivity contribution in [1.29, 1.82) is 0 Å². The van der Waals surface area contributed by atoms with Crippen LogP contribution in [0.1, 0.15) is 48.5 Å². The van der Waals surface area contributed by atoms with Crippen LogP contribution < -0.4 is 5.32 Å². The minimum Gasteiger partial charge on any atom is -0.459 e. The molecule has 0 rings (SSSR count). The number of esters is 1. The van der Waals surface area contributed by atoms with Gasteiger partial charge in [0, 0.05) is 5.54 Å². The molecule has 0 aliphatic rings. The van der Waals surface area contributed by atoms with Crippen LogP contribution in [0.15, 0.2) is 0 Å². The molecule has 0 aromatic rings. The van der Waals surface area contributed by atoms with E-state index in [2.05, 4.69) is 5.32 Å². The Kier molecular flexibility index (Phi) is 4.13. The molecule has 0 aliphatic carbocycles. The maximum Gasteiger partial charge on any atom is 0.323 e. The van der Waals surface area contributed by atoms with E-state index in [-0.39, 0.29) is 17.6 Å². The summed E-state index contributed by atoms with van der Waals surface area (Å²) in [5.74, 6) is -0.201. The molecular weight excluding hydrogens is 178 g/mol. The van der Waals surface area contributed by atoms with Gasteiger partial charge in [-0.2, -0.15) is 0 Å². The molecule has 84 valence electrons. The Hall–Kier alpha value is -0.570. The van der Waals surface area contributed by atoms with E-state index in [1.165, 1.54) is 0 Å². The van der Waals surface area contributed by atoms with Crippen LogP contribution >= 0.6 is 0 Å². The van der Waals surface area contributed by atoms with Gasteiger partial charge in [0.05, 0.1) is 0 Å². The molecule has 0 bridgehead atoms. The van der Waals surface area contributed by atoms with Crippen molar-refractivity contribution >= 4 is 5.97 Å². The molecule has 3 nitrogen and oxygen atoms in total. The van der Waals surface area contributed by atoms with Gasteiger partial charge in [-0.3, -0.25) is 10.1 Å². The van der Waals surface area contributed by atoms with Crippen LogP contribution in [0, 0.1) is 0 Å². The predicted molar refractivity (Wildman–Crippen MR) is 58.2 cm³/mol. The molecule has 14 heavy (non-hydrogen) atoms. The molecule has 0 aromatic carbocycles. The van der Waals surface area contributed by atoms with Crippen molar-refractivity contribution in [2.45, 2.75) is 65.6 Å². The van der Waals surface area contributed by atoms with Crippen LogP contribution in [0.4, 0.5) is 0 Å². The molecule has 0 spiro atoms. The molecule has 0 amide bonds. The number of carbonyl (C=O) groups excluding carboxylic acids is 1.